The van der Waals surface area contributed by atoms with Gasteiger partial charge in [-0.2, -0.15) is 0 Å². The van der Waals surface area contributed by atoms with Gasteiger partial charge >= 0.3 is 5.97 Å². The molecule has 5 nitrogen and oxygen atoms in total. The Hall–Kier alpha value is -0.890. The van der Waals surface area contributed by atoms with Crippen molar-refractivity contribution in [2.75, 3.05) is 5.32 Å². The molecular weight excluding hydrogens is 334 g/mol. The standard InChI is InChI=1S/C8H6ClIN2O3/c1-3(13)11-4-2-5(10)12-7(6(4)9)8(14)15/h2H,1H3,(H,14,15)(H,11,12,13). The van der Waals surface area contributed by atoms with Gasteiger partial charge in [0.05, 0.1) is 10.7 Å². The average molecular weight is 341 g/mol. The molecule has 1 aromatic heterocycles. The third-order valence-corrected chi connectivity index (χ3v) is 2.37. The summed E-state index contributed by atoms with van der Waals surface area (Å²) in [5, 5.41) is 11.1. The van der Waals surface area contributed by atoms with Crippen LogP contribution in [0.4, 0.5) is 5.69 Å². The van der Waals surface area contributed by atoms with E-state index in [1.165, 1.54) is 13.0 Å². The first-order chi connectivity index (χ1) is 6.91. The number of pyridine rings is 1. The zero-order chi connectivity index (χ0) is 11.6. The fraction of sp³-hybridized carbons (Fsp3) is 0.125. The molecule has 0 aliphatic rings. The van der Waals surface area contributed by atoms with Crippen LogP contribution < -0.4 is 5.32 Å². The van der Waals surface area contributed by atoms with Crippen molar-refractivity contribution in [3.05, 3.63) is 20.5 Å². The van der Waals surface area contributed by atoms with E-state index in [9.17, 15) is 9.59 Å². The van der Waals surface area contributed by atoms with E-state index in [2.05, 4.69) is 10.3 Å². The van der Waals surface area contributed by atoms with Crippen molar-refractivity contribution in [3.63, 3.8) is 0 Å². The number of halogens is 2. The summed E-state index contributed by atoms with van der Waals surface area (Å²) in [4.78, 5) is 25.3. The molecule has 0 aromatic carbocycles. The summed E-state index contributed by atoms with van der Waals surface area (Å²) in [7, 11) is 0. The topological polar surface area (TPSA) is 79.3 Å². The molecule has 0 fully saturated rings. The number of aromatic nitrogens is 1. The van der Waals surface area contributed by atoms with Crippen LogP contribution in [0.3, 0.4) is 0 Å². The second-order valence-electron chi connectivity index (χ2n) is 2.64. The van der Waals surface area contributed by atoms with Gasteiger partial charge in [-0.1, -0.05) is 11.6 Å². The average Bonchev–Trinajstić information content (AvgIpc) is 2.09. The van der Waals surface area contributed by atoms with E-state index in [0.29, 0.717) is 3.70 Å². The third kappa shape index (κ3) is 3.03. The minimum atomic E-state index is -1.23. The quantitative estimate of drug-likeness (QED) is 0.637. The number of rotatable bonds is 2. The lowest BCUT2D eigenvalue weighted by molar-refractivity contribution is -0.114. The number of nitrogens with zero attached hydrogens (tertiary/aromatic N) is 1. The van der Waals surface area contributed by atoms with Crippen LogP contribution in [0.2, 0.25) is 5.02 Å². The molecule has 0 saturated heterocycles. The molecule has 2 N–H and O–H groups in total. The van der Waals surface area contributed by atoms with Crippen LogP contribution in [0, 0.1) is 3.70 Å². The monoisotopic (exact) mass is 340 g/mol. The zero-order valence-corrected chi connectivity index (χ0v) is 10.5. The Bertz CT molecular complexity index is 436. The van der Waals surface area contributed by atoms with Crippen molar-refractivity contribution < 1.29 is 14.7 Å². The van der Waals surface area contributed by atoms with Crippen molar-refractivity contribution in [2.45, 2.75) is 6.92 Å². The van der Waals surface area contributed by atoms with Gasteiger partial charge in [0, 0.05) is 6.92 Å². The molecule has 0 atom stereocenters. The molecule has 1 aromatic rings. The summed E-state index contributed by atoms with van der Waals surface area (Å²) in [6.45, 7) is 1.31. The van der Waals surface area contributed by atoms with Crippen molar-refractivity contribution in [2.24, 2.45) is 0 Å². The van der Waals surface area contributed by atoms with Gasteiger partial charge in [-0.15, -0.1) is 0 Å². The highest BCUT2D eigenvalue weighted by atomic mass is 127. The van der Waals surface area contributed by atoms with Crippen LogP contribution in [-0.2, 0) is 4.79 Å². The number of nitrogens with one attached hydrogen (secondary N) is 1. The lowest BCUT2D eigenvalue weighted by Gasteiger charge is -2.07. The van der Waals surface area contributed by atoms with Gasteiger partial charge in [-0.3, -0.25) is 4.79 Å². The Labute approximate surface area is 104 Å². The summed E-state index contributed by atoms with van der Waals surface area (Å²) >= 11 is 7.60. The van der Waals surface area contributed by atoms with E-state index < -0.39 is 5.97 Å². The molecule has 0 unspecified atom stereocenters. The van der Waals surface area contributed by atoms with Crippen LogP contribution in [0.5, 0.6) is 0 Å². The molecule has 0 aliphatic carbocycles. The number of anilines is 1. The number of hydrogen-bond acceptors (Lipinski definition) is 3. The van der Waals surface area contributed by atoms with Crippen molar-refractivity contribution in [3.8, 4) is 0 Å². The van der Waals surface area contributed by atoms with E-state index in [1.807, 2.05) is 22.6 Å². The predicted octanol–water partition coefficient (Wildman–Crippen LogP) is 2.00. The Balaban J connectivity index is 3.28. The first-order valence-electron chi connectivity index (χ1n) is 3.78. The van der Waals surface area contributed by atoms with Gasteiger partial charge in [0.2, 0.25) is 5.91 Å². The fourth-order valence-electron chi connectivity index (χ4n) is 0.920. The number of aromatic carboxylic acids is 1. The predicted molar refractivity (Wildman–Crippen MR) is 63.2 cm³/mol. The molecule has 1 heterocycles. The van der Waals surface area contributed by atoms with Gasteiger partial charge in [0.25, 0.3) is 0 Å². The van der Waals surface area contributed by atoms with Crippen LogP contribution in [0.25, 0.3) is 0 Å². The second kappa shape index (κ2) is 4.75. The summed E-state index contributed by atoms with van der Waals surface area (Å²) in [6.07, 6.45) is 0. The second-order valence-corrected chi connectivity index (χ2v) is 4.12. The van der Waals surface area contributed by atoms with Gasteiger partial charge in [0.1, 0.15) is 3.70 Å². The maximum absolute atomic E-state index is 10.8. The number of carbonyl (C=O) groups is 2. The summed E-state index contributed by atoms with van der Waals surface area (Å²) < 4.78 is 0.443. The minimum Gasteiger partial charge on any atom is -0.476 e. The zero-order valence-electron chi connectivity index (χ0n) is 7.54. The van der Waals surface area contributed by atoms with E-state index in [-0.39, 0.29) is 22.3 Å². The number of hydrogen-bond donors (Lipinski definition) is 2. The third-order valence-electron chi connectivity index (χ3n) is 1.44. The highest BCUT2D eigenvalue weighted by Crippen LogP contribution is 2.26. The van der Waals surface area contributed by atoms with Crippen LogP contribution in [-0.4, -0.2) is 22.0 Å². The Kier molecular flexibility index (Phi) is 3.86. The molecule has 0 saturated carbocycles. The van der Waals surface area contributed by atoms with E-state index >= 15 is 0 Å². The summed E-state index contributed by atoms with van der Waals surface area (Å²) in [5.74, 6) is -1.56. The molecule has 7 heteroatoms. The highest BCUT2D eigenvalue weighted by molar-refractivity contribution is 14.1. The molecule has 0 radical (unpaired) electrons. The van der Waals surface area contributed by atoms with E-state index in [1.54, 1.807) is 0 Å². The van der Waals surface area contributed by atoms with Gasteiger partial charge in [-0.05, 0) is 28.7 Å². The van der Waals surface area contributed by atoms with E-state index in [0.717, 1.165) is 0 Å². The van der Waals surface area contributed by atoms with Crippen LogP contribution in [0.15, 0.2) is 6.07 Å². The lowest BCUT2D eigenvalue weighted by atomic mass is 10.3. The Morgan fingerprint density at radius 3 is 2.67 bits per heavy atom. The van der Waals surface area contributed by atoms with E-state index in [4.69, 9.17) is 16.7 Å². The number of amides is 1. The maximum Gasteiger partial charge on any atom is 0.356 e. The molecule has 0 bridgehead atoms. The molecule has 1 amide bonds. The van der Waals surface area contributed by atoms with Gasteiger partial charge < -0.3 is 10.4 Å². The largest absolute Gasteiger partial charge is 0.476 e. The number of carbonyl (C=O) groups excluding carboxylic acids is 1. The minimum absolute atomic E-state index is 0.0712. The molecular formula is C8H6ClIN2O3. The smallest absolute Gasteiger partial charge is 0.356 e. The Morgan fingerprint density at radius 1 is 1.60 bits per heavy atom. The molecule has 0 spiro atoms. The summed E-state index contributed by atoms with van der Waals surface area (Å²) in [6, 6.07) is 1.50. The maximum atomic E-state index is 10.8. The van der Waals surface area contributed by atoms with Gasteiger partial charge in [-0.25, -0.2) is 9.78 Å². The molecule has 0 aliphatic heterocycles. The lowest BCUT2D eigenvalue weighted by Crippen LogP contribution is -2.10. The first-order valence-corrected chi connectivity index (χ1v) is 5.24. The van der Waals surface area contributed by atoms with Crippen LogP contribution in [0.1, 0.15) is 17.4 Å². The van der Waals surface area contributed by atoms with Gasteiger partial charge in [0.15, 0.2) is 5.69 Å². The highest BCUT2D eigenvalue weighted by Gasteiger charge is 2.16. The van der Waals surface area contributed by atoms with Crippen molar-refractivity contribution in [1.82, 2.24) is 4.98 Å². The molecule has 80 valence electrons. The first kappa shape index (κ1) is 12.2. The van der Waals surface area contributed by atoms with Crippen molar-refractivity contribution >= 4 is 51.8 Å². The fourth-order valence-corrected chi connectivity index (χ4v) is 1.70. The Morgan fingerprint density at radius 2 is 2.20 bits per heavy atom. The van der Waals surface area contributed by atoms with Crippen molar-refractivity contribution in [1.29, 1.82) is 0 Å². The molecule has 15 heavy (non-hydrogen) atoms. The molecule has 1 rings (SSSR count). The number of carboxylic acids is 1. The SMILES string of the molecule is CC(=O)Nc1cc(I)nc(C(=O)O)c1Cl. The number of carboxylic acid groups (broad SMARTS) is 1. The normalized spacial score (nSPS) is 9.80. The summed E-state index contributed by atoms with van der Waals surface area (Å²) in [5.41, 5.74) is -0.0201. The van der Waals surface area contributed by atoms with Crippen LogP contribution >= 0.6 is 34.2 Å².